The van der Waals surface area contributed by atoms with Crippen LogP contribution >= 0.6 is 0 Å². The average Bonchev–Trinajstić information content (AvgIpc) is 2.58. The summed E-state index contributed by atoms with van der Waals surface area (Å²) in [5.41, 5.74) is 0. The van der Waals surface area contributed by atoms with E-state index in [4.69, 9.17) is 4.74 Å². The van der Waals surface area contributed by atoms with Crippen LogP contribution in [0.4, 0.5) is 0 Å². The lowest BCUT2D eigenvalue weighted by Crippen LogP contribution is -2.52. The summed E-state index contributed by atoms with van der Waals surface area (Å²) >= 11 is 0. The molecular weight excluding hydrogens is 174 g/mol. The summed E-state index contributed by atoms with van der Waals surface area (Å²) in [4.78, 5) is 0. The van der Waals surface area contributed by atoms with Crippen LogP contribution < -0.4 is 5.32 Å². The van der Waals surface area contributed by atoms with Crippen molar-refractivity contribution in [3.8, 4) is 0 Å². The van der Waals surface area contributed by atoms with E-state index >= 15 is 0 Å². The predicted molar refractivity (Wildman–Crippen MR) is 56.1 cm³/mol. The molecule has 0 spiro atoms. The number of rotatable bonds is 2. The molecule has 2 fully saturated rings. The largest absolute Gasteiger partial charge is 0.381 e. The minimum atomic E-state index is 0.726. The van der Waals surface area contributed by atoms with Crippen LogP contribution in [0.5, 0.6) is 0 Å². The van der Waals surface area contributed by atoms with E-state index in [1.165, 1.54) is 25.7 Å². The molecule has 2 nitrogen and oxygen atoms in total. The second kappa shape index (κ2) is 3.67. The zero-order chi connectivity index (χ0) is 9.38. The van der Waals surface area contributed by atoms with Crippen molar-refractivity contribution in [2.24, 2.45) is 11.8 Å². The molecule has 3 atom stereocenters. The summed E-state index contributed by atoms with van der Waals surface area (Å²) in [6.07, 6.45) is 9.92. The Morgan fingerprint density at radius 3 is 2.86 bits per heavy atom. The maximum absolute atomic E-state index is 5.37. The van der Waals surface area contributed by atoms with Gasteiger partial charge in [0.1, 0.15) is 0 Å². The molecule has 14 heavy (non-hydrogen) atoms. The monoisotopic (exact) mass is 193 g/mol. The number of nitrogens with one attached hydrogen (secondary N) is 1. The van der Waals surface area contributed by atoms with Gasteiger partial charge in [0.15, 0.2) is 0 Å². The van der Waals surface area contributed by atoms with Gasteiger partial charge in [-0.3, -0.25) is 0 Å². The molecule has 3 rings (SSSR count). The predicted octanol–water partition coefficient (Wildman–Crippen LogP) is 1.72. The molecule has 0 radical (unpaired) electrons. The quantitative estimate of drug-likeness (QED) is 0.674. The molecule has 1 heterocycles. The molecule has 1 saturated carbocycles. The van der Waals surface area contributed by atoms with Crippen LogP contribution in [-0.4, -0.2) is 25.3 Å². The molecule has 2 aliphatic carbocycles. The third-order valence-corrected chi connectivity index (χ3v) is 4.03. The van der Waals surface area contributed by atoms with Crippen molar-refractivity contribution in [1.29, 1.82) is 0 Å². The lowest BCUT2D eigenvalue weighted by molar-refractivity contribution is 0.0592. The first-order valence-corrected chi connectivity index (χ1v) is 5.94. The molecule has 0 aromatic heterocycles. The highest BCUT2D eigenvalue weighted by Gasteiger charge is 2.41. The topological polar surface area (TPSA) is 21.3 Å². The van der Waals surface area contributed by atoms with E-state index in [0.717, 1.165) is 37.1 Å². The summed E-state index contributed by atoms with van der Waals surface area (Å²) in [5.74, 6) is 1.84. The lowest BCUT2D eigenvalue weighted by atomic mass is 9.71. The maximum Gasteiger partial charge on any atom is 0.0480 e. The first kappa shape index (κ1) is 8.93. The molecule has 1 saturated heterocycles. The van der Waals surface area contributed by atoms with Gasteiger partial charge in [0, 0.05) is 25.3 Å². The minimum absolute atomic E-state index is 0.726. The molecule has 0 bridgehead atoms. The molecule has 0 amide bonds. The van der Waals surface area contributed by atoms with E-state index in [-0.39, 0.29) is 0 Å². The van der Waals surface area contributed by atoms with Crippen molar-refractivity contribution in [3.63, 3.8) is 0 Å². The minimum Gasteiger partial charge on any atom is -0.381 e. The van der Waals surface area contributed by atoms with Crippen LogP contribution in [0, 0.1) is 11.8 Å². The second-order valence-corrected chi connectivity index (χ2v) is 4.90. The Morgan fingerprint density at radius 2 is 2.07 bits per heavy atom. The number of fused-ring (bicyclic) bond motifs is 1. The number of hydrogen-bond acceptors (Lipinski definition) is 2. The molecule has 78 valence electrons. The molecule has 3 aliphatic rings. The standard InChI is InChI=1S/C12H19NO/c1-2-9-8-12(11(9)3-1)13-10-4-6-14-7-5-10/h1,3,9-13H,2,4-8H2. The van der Waals surface area contributed by atoms with Gasteiger partial charge >= 0.3 is 0 Å². The fraction of sp³-hybridized carbons (Fsp3) is 0.833. The summed E-state index contributed by atoms with van der Waals surface area (Å²) in [6, 6.07) is 1.51. The van der Waals surface area contributed by atoms with E-state index in [9.17, 15) is 0 Å². The van der Waals surface area contributed by atoms with Crippen molar-refractivity contribution in [2.45, 2.75) is 37.8 Å². The molecular formula is C12H19NO. The first-order chi connectivity index (χ1) is 6.93. The molecule has 1 N–H and O–H groups in total. The molecule has 3 unspecified atom stereocenters. The number of allylic oxidation sites excluding steroid dienone is 1. The summed E-state index contributed by atoms with van der Waals surface area (Å²) in [7, 11) is 0. The number of hydrogen-bond donors (Lipinski definition) is 1. The van der Waals surface area contributed by atoms with Crippen LogP contribution in [0.3, 0.4) is 0 Å². The van der Waals surface area contributed by atoms with Crippen molar-refractivity contribution in [1.82, 2.24) is 5.32 Å². The maximum atomic E-state index is 5.37. The van der Waals surface area contributed by atoms with Crippen LogP contribution in [0.1, 0.15) is 25.7 Å². The third-order valence-electron chi connectivity index (χ3n) is 4.03. The van der Waals surface area contributed by atoms with Crippen LogP contribution in [0.25, 0.3) is 0 Å². The van der Waals surface area contributed by atoms with Gasteiger partial charge in [-0.15, -0.1) is 0 Å². The average molecular weight is 193 g/mol. The zero-order valence-electron chi connectivity index (χ0n) is 8.61. The molecule has 2 heteroatoms. The van der Waals surface area contributed by atoms with Gasteiger partial charge in [-0.05, 0) is 37.5 Å². The Balaban J connectivity index is 1.50. The van der Waals surface area contributed by atoms with Gasteiger partial charge in [-0.2, -0.15) is 0 Å². The van der Waals surface area contributed by atoms with E-state index in [1.807, 2.05) is 0 Å². The third kappa shape index (κ3) is 1.51. The SMILES string of the molecule is C1=CC2C(C1)CC2NC1CCOCC1. The Hall–Kier alpha value is -0.340. The Bertz CT molecular complexity index is 232. The van der Waals surface area contributed by atoms with Crippen LogP contribution in [0.2, 0.25) is 0 Å². The van der Waals surface area contributed by atoms with Crippen molar-refractivity contribution in [3.05, 3.63) is 12.2 Å². The fourth-order valence-corrected chi connectivity index (χ4v) is 3.07. The van der Waals surface area contributed by atoms with Crippen molar-refractivity contribution < 1.29 is 4.74 Å². The molecule has 1 aliphatic heterocycles. The molecule has 0 aromatic rings. The van der Waals surface area contributed by atoms with Crippen molar-refractivity contribution in [2.75, 3.05) is 13.2 Å². The second-order valence-electron chi connectivity index (χ2n) is 4.90. The Morgan fingerprint density at radius 1 is 1.21 bits per heavy atom. The number of ether oxygens (including phenoxy) is 1. The van der Waals surface area contributed by atoms with E-state index < -0.39 is 0 Å². The van der Waals surface area contributed by atoms with Gasteiger partial charge in [-0.25, -0.2) is 0 Å². The highest BCUT2D eigenvalue weighted by Crippen LogP contribution is 2.43. The van der Waals surface area contributed by atoms with Crippen molar-refractivity contribution >= 4 is 0 Å². The molecule has 0 aromatic carbocycles. The summed E-state index contributed by atoms with van der Waals surface area (Å²) in [5, 5.41) is 3.80. The highest BCUT2D eigenvalue weighted by atomic mass is 16.5. The highest BCUT2D eigenvalue weighted by molar-refractivity contribution is 5.13. The van der Waals surface area contributed by atoms with E-state index in [1.54, 1.807) is 0 Å². The van der Waals surface area contributed by atoms with Gasteiger partial charge in [-0.1, -0.05) is 12.2 Å². The first-order valence-electron chi connectivity index (χ1n) is 5.94. The lowest BCUT2D eigenvalue weighted by Gasteiger charge is -2.43. The van der Waals surface area contributed by atoms with Gasteiger partial charge < -0.3 is 10.1 Å². The van der Waals surface area contributed by atoms with E-state index in [2.05, 4.69) is 17.5 Å². The smallest absolute Gasteiger partial charge is 0.0480 e. The van der Waals surface area contributed by atoms with Gasteiger partial charge in [0.05, 0.1) is 0 Å². The zero-order valence-corrected chi connectivity index (χ0v) is 8.61. The summed E-state index contributed by atoms with van der Waals surface area (Å²) in [6.45, 7) is 1.91. The Labute approximate surface area is 85.7 Å². The Kier molecular flexibility index (Phi) is 2.34. The van der Waals surface area contributed by atoms with Crippen LogP contribution in [-0.2, 0) is 4.74 Å². The fourth-order valence-electron chi connectivity index (χ4n) is 3.07. The van der Waals surface area contributed by atoms with Crippen LogP contribution in [0.15, 0.2) is 12.2 Å². The normalized spacial score (nSPS) is 42.1. The van der Waals surface area contributed by atoms with Gasteiger partial charge in [0.2, 0.25) is 0 Å². The summed E-state index contributed by atoms with van der Waals surface area (Å²) < 4.78 is 5.37. The van der Waals surface area contributed by atoms with E-state index in [0.29, 0.717) is 0 Å². The van der Waals surface area contributed by atoms with Gasteiger partial charge in [0.25, 0.3) is 0 Å².